The van der Waals surface area contributed by atoms with Crippen molar-refractivity contribution in [1.82, 2.24) is 4.90 Å². The molecule has 1 aliphatic rings. The second-order valence-corrected chi connectivity index (χ2v) is 7.03. The average Bonchev–Trinajstić information content (AvgIpc) is 2.66. The molecule has 0 amide bonds. The molecular formula is C15H26N2S. The lowest BCUT2D eigenvalue weighted by atomic mass is 9.90. The van der Waals surface area contributed by atoms with Gasteiger partial charge in [0.15, 0.2) is 0 Å². The van der Waals surface area contributed by atoms with E-state index in [0.29, 0.717) is 6.04 Å². The molecule has 3 heteroatoms. The summed E-state index contributed by atoms with van der Waals surface area (Å²) >= 11 is 1.92. The summed E-state index contributed by atoms with van der Waals surface area (Å²) in [6, 6.07) is 3.55. The van der Waals surface area contributed by atoms with Crippen molar-refractivity contribution in [2.45, 2.75) is 65.1 Å². The molecule has 1 aliphatic carbocycles. The predicted molar refractivity (Wildman–Crippen MR) is 80.1 cm³/mol. The molecule has 2 rings (SSSR count). The molecule has 0 radical (unpaired) electrons. The maximum atomic E-state index is 6.00. The standard InChI is InChI=1S/C15H26N2S/c1-4-17(15-7-5-14(16)6-8-15)10-13-9-11(2)18-12(13)3/h9,14-15H,4-8,10,16H2,1-3H3. The molecule has 2 nitrogen and oxygen atoms in total. The molecule has 1 aromatic rings. The highest BCUT2D eigenvalue weighted by molar-refractivity contribution is 7.12. The van der Waals surface area contributed by atoms with Crippen LogP contribution in [0.2, 0.25) is 0 Å². The van der Waals surface area contributed by atoms with Crippen LogP contribution < -0.4 is 5.73 Å². The number of rotatable bonds is 4. The van der Waals surface area contributed by atoms with Crippen LogP contribution in [0.4, 0.5) is 0 Å². The molecule has 0 bridgehead atoms. The van der Waals surface area contributed by atoms with Crippen LogP contribution in [-0.2, 0) is 6.54 Å². The molecule has 1 aromatic heterocycles. The van der Waals surface area contributed by atoms with Crippen LogP contribution in [0.1, 0.15) is 47.9 Å². The van der Waals surface area contributed by atoms with Crippen molar-refractivity contribution in [2.24, 2.45) is 5.73 Å². The smallest absolute Gasteiger partial charge is 0.0247 e. The lowest BCUT2D eigenvalue weighted by Gasteiger charge is -2.35. The summed E-state index contributed by atoms with van der Waals surface area (Å²) in [5, 5.41) is 0. The first kappa shape index (κ1) is 14.0. The number of nitrogens with two attached hydrogens (primary N) is 1. The van der Waals surface area contributed by atoms with Crippen molar-refractivity contribution in [3.63, 3.8) is 0 Å². The fourth-order valence-corrected chi connectivity index (χ4v) is 3.96. The molecule has 0 aromatic carbocycles. The molecule has 0 unspecified atom stereocenters. The third-order valence-electron chi connectivity index (χ3n) is 4.18. The van der Waals surface area contributed by atoms with E-state index in [1.165, 1.54) is 41.0 Å². The predicted octanol–water partition coefficient (Wildman–Crippen LogP) is 3.46. The fourth-order valence-electron chi connectivity index (χ4n) is 3.03. The Balaban J connectivity index is 1.99. The largest absolute Gasteiger partial charge is 0.328 e. The lowest BCUT2D eigenvalue weighted by molar-refractivity contribution is 0.149. The van der Waals surface area contributed by atoms with Gasteiger partial charge in [0.2, 0.25) is 0 Å². The van der Waals surface area contributed by atoms with Crippen LogP contribution in [0.5, 0.6) is 0 Å². The second-order valence-electron chi connectivity index (χ2n) is 5.57. The molecule has 102 valence electrons. The Morgan fingerprint density at radius 3 is 2.44 bits per heavy atom. The van der Waals surface area contributed by atoms with Gasteiger partial charge in [-0.05, 0) is 57.7 Å². The highest BCUT2D eigenvalue weighted by Gasteiger charge is 2.23. The molecule has 0 aliphatic heterocycles. The molecule has 2 N–H and O–H groups in total. The summed E-state index contributed by atoms with van der Waals surface area (Å²) in [5.41, 5.74) is 7.52. The molecule has 1 saturated carbocycles. The van der Waals surface area contributed by atoms with Gasteiger partial charge in [-0.15, -0.1) is 11.3 Å². The second kappa shape index (κ2) is 6.18. The molecule has 0 spiro atoms. The molecular weight excluding hydrogens is 240 g/mol. The third kappa shape index (κ3) is 3.34. The van der Waals surface area contributed by atoms with Gasteiger partial charge >= 0.3 is 0 Å². The zero-order valence-electron chi connectivity index (χ0n) is 11.9. The van der Waals surface area contributed by atoms with Crippen molar-refractivity contribution in [3.05, 3.63) is 21.4 Å². The van der Waals surface area contributed by atoms with Gasteiger partial charge < -0.3 is 5.73 Å². The van der Waals surface area contributed by atoms with Gasteiger partial charge in [-0.25, -0.2) is 0 Å². The average molecular weight is 266 g/mol. The maximum absolute atomic E-state index is 6.00. The van der Waals surface area contributed by atoms with Crippen molar-refractivity contribution in [1.29, 1.82) is 0 Å². The SMILES string of the molecule is CCN(Cc1cc(C)sc1C)C1CCC(N)CC1. The van der Waals surface area contributed by atoms with E-state index in [1.807, 2.05) is 11.3 Å². The summed E-state index contributed by atoms with van der Waals surface area (Å²) in [6.07, 6.45) is 4.94. The minimum atomic E-state index is 0.449. The van der Waals surface area contributed by atoms with E-state index in [2.05, 4.69) is 31.7 Å². The van der Waals surface area contributed by atoms with Crippen LogP contribution in [0, 0.1) is 13.8 Å². The van der Waals surface area contributed by atoms with Crippen LogP contribution in [0.15, 0.2) is 6.07 Å². The number of nitrogens with zero attached hydrogens (tertiary/aromatic N) is 1. The van der Waals surface area contributed by atoms with Crippen molar-refractivity contribution in [2.75, 3.05) is 6.54 Å². The van der Waals surface area contributed by atoms with Gasteiger partial charge in [0.05, 0.1) is 0 Å². The number of hydrogen-bond acceptors (Lipinski definition) is 3. The van der Waals surface area contributed by atoms with E-state index in [0.717, 1.165) is 19.1 Å². The fraction of sp³-hybridized carbons (Fsp3) is 0.733. The van der Waals surface area contributed by atoms with Crippen molar-refractivity contribution >= 4 is 11.3 Å². The summed E-state index contributed by atoms with van der Waals surface area (Å²) in [4.78, 5) is 5.56. The molecule has 0 saturated heterocycles. The van der Waals surface area contributed by atoms with Gasteiger partial charge in [0.1, 0.15) is 0 Å². The van der Waals surface area contributed by atoms with E-state index in [9.17, 15) is 0 Å². The highest BCUT2D eigenvalue weighted by Crippen LogP contribution is 2.26. The van der Waals surface area contributed by atoms with E-state index in [1.54, 1.807) is 0 Å². The van der Waals surface area contributed by atoms with Gasteiger partial charge in [-0.1, -0.05) is 6.92 Å². The summed E-state index contributed by atoms with van der Waals surface area (Å²) in [7, 11) is 0. The van der Waals surface area contributed by atoms with Crippen LogP contribution in [-0.4, -0.2) is 23.5 Å². The first-order valence-corrected chi connectivity index (χ1v) is 7.97. The third-order valence-corrected chi connectivity index (χ3v) is 5.19. The summed E-state index contributed by atoms with van der Waals surface area (Å²) in [5.74, 6) is 0. The zero-order chi connectivity index (χ0) is 13.1. The van der Waals surface area contributed by atoms with E-state index in [4.69, 9.17) is 5.73 Å². The van der Waals surface area contributed by atoms with E-state index in [-0.39, 0.29) is 0 Å². The first-order valence-electron chi connectivity index (χ1n) is 7.15. The van der Waals surface area contributed by atoms with Gasteiger partial charge in [-0.3, -0.25) is 4.90 Å². The Morgan fingerprint density at radius 2 is 1.94 bits per heavy atom. The van der Waals surface area contributed by atoms with E-state index < -0.39 is 0 Å². The van der Waals surface area contributed by atoms with Crippen LogP contribution in [0.25, 0.3) is 0 Å². The summed E-state index contributed by atoms with van der Waals surface area (Å²) < 4.78 is 0. The van der Waals surface area contributed by atoms with Crippen LogP contribution in [0.3, 0.4) is 0 Å². The van der Waals surface area contributed by atoms with Gasteiger partial charge in [-0.2, -0.15) is 0 Å². The van der Waals surface area contributed by atoms with Crippen molar-refractivity contribution in [3.8, 4) is 0 Å². The monoisotopic (exact) mass is 266 g/mol. The minimum Gasteiger partial charge on any atom is -0.328 e. The van der Waals surface area contributed by atoms with Crippen LogP contribution >= 0.6 is 11.3 Å². The number of thiophene rings is 1. The zero-order valence-corrected chi connectivity index (χ0v) is 12.7. The molecule has 18 heavy (non-hydrogen) atoms. The first-order chi connectivity index (χ1) is 8.60. The quantitative estimate of drug-likeness (QED) is 0.904. The Kier molecular flexibility index (Phi) is 4.82. The van der Waals surface area contributed by atoms with Gasteiger partial charge in [0, 0.05) is 28.4 Å². The minimum absolute atomic E-state index is 0.449. The Labute approximate surface area is 115 Å². The topological polar surface area (TPSA) is 29.3 Å². The van der Waals surface area contributed by atoms with Gasteiger partial charge in [0.25, 0.3) is 0 Å². The molecule has 1 fully saturated rings. The van der Waals surface area contributed by atoms with Crippen molar-refractivity contribution < 1.29 is 0 Å². The normalized spacial score (nSPS) is 24.7. The Hall–Kier alpha value is -0.380. The Bertz CT molecular complexity index is 378. The molecule has 0 atom stereocenters. The molecule has 1 heterocycles. The number of hydrogen-bond donors (Lipinski definition) is 1. The van der Waals surface area contributed by atoms with E-state index >= 15 is 0 Å². The lowest BCUT2D eigenvalue weighted by Crippen LogP contribution is -2.40. The Morgan fingerprint density at radius 1 is 1.28 bits per heavy atom. The summed E-state index contributed by atoms with van der Waals surface area (Å²) in [6.45, 7) is 9.00. The highest BCUT2D eigenvalue weighted by atomic mass is 32.1. The number of aryl methyl sites for hydroxylation is 2. The maximum Gasteiger partial charge on any atom is 0.0247 e.